The predicted molar refractivity (Wildman–Crippen MR) is 81.3 cm³/mol. The van der Waals surface area contributed by atoms with Gasteiger partial charge in [-0.1, -0.05) is 55.1 Å². The van der Waals surface area contributed by atoms with E-state index in [-0.39, 0.29) is 0 Å². The molecule has 0 unspecified atom stereocenters. The van der Waals surface area contributed by atoms with Crippen LogP contribution in [0.1, 0.15) is 12.5 Å². The second-order valence-corrected chi connectivity index (χ2v) is 4.72. The molecule has 0 aliphatic rings. The molecule has 19 heavy (non-hydrogen) atoms. The number of benzene rings is 2. The van der Waals surface area contributed by atoms with Crippen molar-refractivity contribution in [3.05, 3.63) is 58.7 Å². The Morgan fingerprint density at radius 2 is 1.74 bits per heavy atom. The maximum Gasteiger partial charge on any atom is 0.143 e. The molecule has 0 aliphatic carbocycles. The van der Waals surface area contributed by atoms with Crippen molar-refractivity contribution in [1.82, 2.24) is 0 Å². The number of hydrogen-bond donors (Lipinski definition) is 0. The Bertz CT molecular complexity index is 853. The molecule has 3 aromatic rings. The smallest absolute Gasteiger partial charge is 0.143 e. The molecule has 0 saturated heterocycles. The molecule has 0 atom stereocenters. The number of furan rings is 1. The van der Waals surface area contributed by atoms with Gasteiger partial charge < -0.3 is 4.42 Å². The zero-order valence-electron chi connectivity index (χ0n) is 11.2. The van der Waals surface area contributed by atoms with E-state index < -0.39 is 0 Å². The summed E-state index contributed by atoms with van der Waals surface area (Å²) in [6.45, 7) is 8.12. The van der Waals surface area contributed by atoms with Crippen molar-refractivity contribution >= 4 is 23.6 Å². The predicted octanol–water partition coefficient (Wildman–Crippen LogP) is 3.62. The highest BCUT2D eigenvalue weighted by Crippen LogP contribution is 2.29. The van der Waals surface area contributed by atoms with Crippen molar-refractivity contribution in [3.63, 3.8) is 0 Å². The Hall–Kier alpha value is -2.28. The summed E-state index contributed by atoms with van der Waals surface area (Å²) in [5, 5.41) is 2.22. The Balaban J connectivity index is 2.45. The minimum atomic E-state index is 0.735. The van der Waals surface area contributed by atoms with Crippen LogP contribution in [0, 0.1) is 6.92 Å². The fraction of sp³-hybridized carbons (Fsp3) is 0.111. The third-order valence-corrected chi connectivity index (χ3v) is 3.55. The standard InChI is InChI=1S/C18H16O/c1-4-14-13(3)19-18-16(14)10-7-11-17(18)15-9-6-5-8-12(15)2/h4-11H,3H2,1-2H3. The van der Waals surface area contributed by atoms with Crippen molar-refractivity contribution in [2.24, 2.45) is 0 Å². The molecule has 0 N–H and O–H groups in total. The van der Waals surface area contributed by atoms with Crippen molar-refractivity contribution < 1.29 is 4.42 Å². The lowest BCUT2D eigenvalue weighted by molar-refractivity contribution is 0.578. The van der Waals surface area contributed by atoms with Gasteiger partial charge in [-0.25, -0.2) is 0 Å². The molecule has 0 saturated carbocycles. The van der Waals surface area contributed by atoms with Crippen LogP contribution in [0.2, 0.25) is 0 Å². The first kappa shape index (κ1) is 11.8. The zero-order chi connectivity index (χ0) is 13.4. The van der Waals surface area contributed by atoms with E-state index >= 15 is 0 Å². The monoisotopic (exact) mass is 248 g/mol. The summed E-state index contributed by atoms with van der Waals surface area (Å²) in [5.74, 6) is 0. The Kier molecular flexibility index (Phi) is 2.75. The van der Waals surface area contributed by atoms with Gasteiger partial charge in [0.1, 0.15) is 11.0 Å². The van der Waals surface area contributed by atoms with Crippen LogP contribution in [0.15, 0.2) is 46.9 Å². The lowest BCUT2D eigenvalue weighted by Gasteiger charge is -2.05. The van der Waals surface area contributed by atoms with Gasteiger partial charge in [0, 0.05) is 16.2 Å². The summed E-state index contributed by atoms with van der Waals surface area (Å²) in [6, 6.07) is 14.6. The molecule has 0 bridgehead atoms. The number of hydrogen-bond acceptors (Lipinski definition) is 1. The van der Waals surface area contributed by atoms with Crippen molar-refractivity contribution in [2.75, 3.05) is 0 Å². The van der Waals surface area contributed by atoms with Gasteiger partial charge in [-0.05, 0) is 25.0 Å². The fourth-order valence-electron chi connectivity index (χ4n) is 2.59. The highest BCUT2D eigenvalue weighted by atomic mass is 16.3. The van der Waals surface area contributed by atoms with E-state index in [0.29, 0.717) is 0 Å². The Labute approximate surface area is 112 Å². The van der Waals surface area contributed by atoms with Gasteiger partial charge in [-0.3, -0.25) is 0 Å². The molecule has 0 radical (unpaired) electrons. The molecule has 1 heterocycles. The molecule has 0 spiro atoms. The summed E-state index contributed by atoms with van der Waals surface area (Å²) < 4.78 is 5.89. The van der Waals surface area contributed by atoms with Gasteiger partial charge in [0.05, 0.1) is 0 Å². The van der Waals surface area contributed by atoms with Gasteiger partial charge in [-0.2, -0.15) is 0 Å². The summed E-state index contributed by atoms with van der Waals surface area (Å²) in [5.41, 5.74) is 5.26. The molecule has 1 heteroatoms. The Morgan fingerprint density at radius 3 is 2.47 bits per heavy atom. The molecular weight excluding hydrogens is 232 g/mol. The third-order valence-electron chi connectivity index (χ3n) is 3.55. The minimum Gasteiger partial charge on any atom is -0.456 e. The first-order valence-electron chi connectivity index (χ1n) is 6.45. The number of para-hydroxylation sites is 1. The molecular formula is C18H16O. The molecule has 3 rings (SSSR count). The molecule has 0 fully saturated rings. The molecule has 94 valence electrons. The van der Waals surface area contributed by atoms with Gasteiger partial charge >= 0.3 is 0 Å². The summed E-state index contributed by atoms with van der Waals surface area (Å²) in [4.78, 5) is 0. The maximum atomic E-state index is 5.89. The van der Waals surface area contributed by atoms with E-state index in [1.54, 1.807) is 0 Å². The first-order chi connectivity index (χ1) is 9.22. The second-order valence-electron chi connectivity index (χ2n) is 4.72. The van der Waals surface area contributed by atoms with Crippen LogP contribution < -0.4 is 10.6 Å². The molecule has 1 aromatic heterocycles. The average molecular weight is 248 g/mol. The van der Waals surface area contributed by atoms with E-state index in [0.717, 1.165) is 27.2 Å². The van der Waals surface area contributed by atoms with Crippen LogP contribution in [0.5, 0.6) is 0 Å². The normalized spacial score (nSPS) is 12.2. The van der Waals surface area contributed by atoms with E-state index in [2.05, 4.69) is 62.0 Å². The fourth-order valence-corrected chi connectivity index (χ4v) is 2.59. The first-order valence-corrected chi connectivity index (χ1v) is 6.45. The molecule has 2 aromatic carbocycles. The number of rotatable bonds is 1. The van der Waals surface area contributed by atoms with Gasteiger partial charge in [0.2, 0.25) is 0 Å². The van der Waals surface area contributed by atoms with Crippen molar-refractivity contribution in [1.29, 1.82) is 0 Å². The molecule has 1 nitrogen and oxygen atoms in total. The largest absolute Gasteiger partial charge is 0.456 e. The SMILES string of the molecule is C=c1oc2c(-c3ccccc3C)cccc2c1=CC. The highest BCUT2D eigenvalue weighted by Gasteiger charge is 2.10. The number of fused-ring (bicyclic) bond motifs is 1. The van der Waals surface area contributed by atoms with Gasteiger partial charge in [-0.15, -0.1) is 0 Å². The lowest BCUT2D eigenvalue weighted by atomic mass is 9.99. The van der Waals surface area contributed by atoms with E-state index in [1.165, 1.54) is 11.1 Å². The Morgan fingerprint density at radius 1 is 1.00 bits per heavy atom. The topological polar surface area (TPSA) is 13.1 Å². The van der Waals surface area contributed by atoms with Crippen LogP contribution >= 0.6 is 0 Å². The van der Waals surface area contributed by atoms with E-state index in [1.807, 2.05) is 6.92 Å². The average Bonchev–Trinajstić information content (AvgIpc) is 2.74. The van der Waals surface area contributed by atoms with Crippen molar-refractivity contribution in [2.45, 2.75) is 13.8 Å². The van der Waals surface area contributed by atoms with Crippen LogP contribution in [0.4, 0.5) is 0 Å². The highest BCUT2D eigenvalue weighted by molar-refractivity contribution is 5.93. The van der Waals surface area contributed by atoms with Crippen LogP contribution in [-0.2, 0) is 0 Å². The van der Waals surface area contributed by atoms with Crippen LogP contribution in [0.25, 0.3) is 34.8 Å². The van der Waals surface area contributed by atoms with Gasteiger partial charge in [0.25, 0.3) is 0 Å². The zero-order valence-corrected chi connectivity index (χ0v) is 11.2. The van der Waals surface area contributed by atoms with Gasteiger partial charge in [0.15, 0.2) is 0 Å². The number of aryl methyl sites for hydroxylation is 1. The third kappa shape index (κ3) is 1.78. The maximum absolute atomic E-state index is 5.89. The van der Waals surface area contributed by atoms with Crippen molar-refractivity contribution in [3.8, 4) is 11.1 Å². The van der Waals surface area contributed by atoms with E-state index in [4.69, 9.17) is 4.42 Å². The summed E-state index contributed by atoms with van der Waals surface area (Å²) >= 11 is 0. The lowest BCUT2D eigenvalue weighted by Crippen LogP contribution is -2.16. The minimum absolute atomic E-state index is 0.735. The summed E-state index contributed by atoms with van der Waals surface area (Å²) in [7, 11) is 0. The van der Waals surface area contributed by atoms with Crippen LogP contribution in [0.3, 0.4) is 0 Å². The second kappa shape index (κ2) is 4.43. The summed E-state index contributed by atoms with van der Waals surface area (Å²) in [6.07, 6.45) is 2.05. The van der Waals surface area contributed by atoms with E-state index in [9.17, 15) is 0 Å². The van der Waals surface area contributed by atoms with Crippen LogP contribution in [-0.4, -0.2) is 0 Å². The molecule has 0 aliphatic heterocycles. The molecule has 0 amide bonds. The quantitative estimate of drug-likeness (QED) is 0.641.